The van der Waals surface area contributed by atoms with Crippen LogP contribution in [0.3, 0.4) is 0 Å². The van der Waals surface area contributed by atoms with E-state index in [9.17, 15) is 18.0 Å². The van der Waals surface area contributed by atoms with Gasteiger partial charge in [-0.25, -0.2) is 0 Å². The van der Waals surface area contributed by atoms with Crippen LogP contribution < -0.4 is 0 Å². The lowest BCUT2D eigenvalue weighted by molar-refractivity contribution is -0.144. The van der Waals surface area contributed by atoms with Crippen molar-refractivity contribution < 1.29 is 18.0 Å². The van der Waals surface area contributed by atoms with E-state index in [0.29, 0.717) is 0 Å². The Morgan fingerprint density at radius 2 is 1.75 bits per heavy atom. The van der Waals surface area contributed by atoms with E-state index < -0.39 is 39.4 Å². The second-order valence-electron chi connectivity index (χ2n) is 4.62. The highest BCUT2D eigenvalue weighted by Crippen LogP contribution is 2.64. The molecule has 0 unspecified atom stereocenters. The lowest BCUT2D eigenvalue weighted by Gasteiger charge is -2.23. The molecular weight excluding hydrogens is 287 g/mol. The molecule has 0 heterocycles. The van der Waals surface area contributed by atoms with Gasteiger partial charge in [-0.1, -0.05) is 37.0 Å². The summed E-state index contributed by atoms with van der Waals surface area (Å²) >= 11 is 15.8. The minimum atomic E-state index is -4.71. The van der Waals surface area contributed by atoms with E-state index in [4.69, 9.17) is 34.8 Å². The Bertz CT molecular complexity index is 312. The number of rotatable bonds is 3. The van der Waals surface area contributed by atoms with Gasteiger partial charge in [-0.05, 0) is 29.4 Å². The van der Waals surface area contributed by atoms with Crippen molar-refractivity contribution >= 4 is 40.0 Å². The van der Waals surface area contributed by atoms with Gasteiger partial charge in [-0.3, -0.25) is 4.79 Å². The first-order valence-corrected chi connectivity index (χ1v) is 5.68. The van der Waals surface area contributed by atoms with Crippen LogP contribution >= 0.6 is 34.8 Å². The molecule has 1 rings (SSSR count). The SMILES string of the molecule is CC1(C)[C@@H](CC(Cl)(Cl)C(F)(F)F)[C@@H]1C(=O)Cl. The van der Waals surface area contributed by atoms with Gasteiger partial charge >= 0.3 is 6.18 Å². The van der Waals surface area contributed by atoms with Crippen molar-refractivity contribution in [2.45, 2.75) is 30.8 Å². The number of alkyl halides is 5. The number of halogens is 6. The van der Waals surface area contributed by atoms with Crippen LogP contribution in [0.15, 0.2) is 0 Å². The number of hydrogen-bond donors (Lipinski definition) is 0. The predicted molar refractivity (Wildman–Crippen MR) is 56.7 cm³/mol. The van der Waals surface area contributed by atoms with Crippen LogP contribution in [0.25, 0.3) is 0 Å². The molecule has 1 aliphatic rings. The summed E-state index contributed by atoms with van der Waals surface area (Å²) in [5, 5.41) is -0.638. The topological polar surface area (TPSA) is 17.1 Å². The van der Waals surface area contributed by atoms with Crippen LogP contribution in [-0.4, -0.2) is 15.8 Å². The summed E-state index contributed by atoms with van der Waals surface area (Å²) in [6.45, 7) is 3.34. The molecule has 94 valence electrons. The molecule has 0 aromatic heterocycles. The summed E-state index contributed by atoms with van der Waals surface area (Å²) in [5.74, 6) is -1.14. The monoisotopic (exact) mass is 296 g/mol. The van der Waals surface area contributed by atoms with Crippen molar-refractivity contribution in [3.05, 3.63) is 0 Å². The fourth-order valence-corrected chi connectivity index (χ4v) is 2.73. The van der Waals surface area contributed by atoms with E-state index in [1.54, 1.807) is 13.8 Å². The molecule has 1 fully saturated rings. The van der Waals surface area contributed by atoms with Gasteiger partial charge in [0, 0.05) is 5.92 Å². The molecule has 1 saturated carbocycles. The summed E-state index contributed by atoms with van der Waals surface area (Å²) < 4.78 is 34.4. The highest BCUT2D eigenvalue weighted by atomic mass is 35.5. The summed E-state index contributed by atoms with van der Waals surface area (Å²) in [4.78, 5) is 11.0. The van der Waals surface area contributed by atoms with E-state index in [2.05, 4.69) is 0 Å². The van der Waals surface area contributed by atoms with Crippen LogP contribution in [0.2, 0.25) is 0 Å². The molecule has 1 nitrogen and oxygen atoms in total. The maximum Gasteiger partial charge on any atom is 0.421 e. The molecule has 7 heteroatoms. The first-order chi connectivity index (χ1) is 6.91. The van der Waals surface area contributed by atoms with Gasteiger partial charge in [-0.2, -0.15) is 13.2 Å². The Hall–Kier alpha value is 0.330. The zero-order valence-electron chi connectivity index (χ0n) is 8.54. The van der Waals surface area contributed by atoms with E-state index in [1.807, 2.05) is 0 Å². The average Bonchev–Trinajstić information content (AvgIpc) is 2.49. The van der Waals surface area contributed by atoms with Crippen LogP contribution in [-0.2, 0) is 4.79 Å². The van der Waals surface area contributed by atoms with Crippen molar-refractivity contribution in [3.63, 3.8) is 0 Å². The third-order valence-electron chi connectivity index (χ3n) is 3.19. The zero-order chi connectivity index (χ0) is 12.9. The number of hydrogen-bond acceptors (Lipinski definition) is 1. The molecule has 0 radical (unpaired) electrons. The zero-order valence-corrected chi connectivity index (χ0v) is 10.8. The normalized spacial score (nSPS) is 29.0. The summed E-state index contributed by atoms with van der Waals surface area (Å²) in [6, 6.07) is 0. The van der Waals surface area contributed by atoms with Gasteiger partial charge < -0.3 is 0 Å². The second-order valence-corrected chi connectivity index (χ2v) is 6.47. The molecule has 2 atom stereocenters. The van der Waals surface area contributed by atoms with Crippen LogP contribution in [0.5, 0.6) is 0 Å². The Balaban J connectivity index is 2.75. The fraction of sp³-hybridized carbons (Fsp3) is 0.889. The molecule has 0 saturated heterocycles. The Morgan fingerprint density at radius 1 is 1.31 bits per heavy atom. The third-order valence-corrected chi connectivity index (χ3v) is 4.16. The molecule has 0 amide bonds. The highest BCUT2D eigenvalue weighted by Gasteiger charge is 2.66. The maximum absolute atomic E-state index is 12.4. The lowest BCUT2D eigenvalue weighted by atomic mass is 10.1. The minimum absolute atomic E-state index is 0.518. The van der Waals surface area contributed by atoms with Crippen molar-refractivity contribution in [1.29, 1.82) is 0 Å². The fourth-order valence-electron chi connectivity index (χ4n) is 1.97. The average molecular weight is 298 g/mol. The summed E-state index contributed by atoms with van der Waals surface area (Å²) in [7, 11) is 0. The summed E-state index contributed by atoms with van der Waals surface area (Å²) in [5.41, 5.74) is -0.570. The number of carbonyl (C=O) groups excluding carboxylic acids is 1. The Kier molecular flexibility index (Phi) is 3.53. The van der Waals surface area contributed by atoms with Crippen molar-refractivity contribution in [1.82, 2.24) is 0 Å². The molecular formula is C9H10Cl3F3O. The van der Waals surface area contributed by atoms with E-state index in [-0.39, 0.29) is 0 Å². The first kappa shape index (κ1) is 14.4. The first-order valence-electron chi connectivity index (χ1n) is 4.55. The highest BCUT2D eigenvalue weighted by molar-refractivity contribution is 6.64. The summed E-state index contributed by atoms with van der Waals surface area (Å²) in [6.07, 6.45) is -5.23. The van der Waals surface area contributed by atoms with Gasteiger partial charge in [-0.15, -0.1) is 0 Å². The van der Waals surface area contributed by atoms with E-state index in [1.165, 1.54) is 0 Å². The molecule has 16 heavy (non-hydrogen) atoms. The van der Waals surface area contributed by atoms with Crippen molar-refractivity contribution in [2.24, 2.45) is 17.3 Å². The molecule has 0 aromatic carbocycles. The standard InChI is InChI=1S/C9H10Cl3F3O/c1-7(2)4(5(7)6(10)16)3-8(11,12)9(13,14)15/h4-5H,3H2,1-2H3/t4-,5+/m0/s1. The molecule has 0 aliphatic heterocycles. The van der Waals surface area contributed by atoms with Gasteiger partial charge in [0.1, 0.15) is 0 Å². The van der Waals surface area contributed by atoms with Gasteiger partial charge in [0.2, 0.25) is 9.58 Å². The number of carbonyl (C=O) groups is 1. The van der Waals surface area contributed by atoms with Crippen LogP contribution in [0.4, 0.5) is 13.2 Å². The van der Waals surface area contributed by atoms with Gasteiger partial charge in [0.25, 0.3) is 0 Å². The molecule has 0 N–H and O–H groups in total. The lowest BCUT2D eigenvalue weighted by Crippen LogP contribution is -2.35. The van der Waals surface area contributed by atoms with Crippen molar-refractivity contribution in [2.75, 3.05) is 0 Å². The molecule has 0 spiro atoms. The largest absolute Gasteiger partial charge is 0.421 e. The molecule has 0 aromatic rings. The van der Waals surface area contributed by atoms with Crippen LogP contribution in [0, 0.1) is 17.3 Å². The van der Waals surface area contributed by atoms with Gasteiger partial charge in [0.15, 0.2) is 0 Å². The second kappa shape index (κ2) is 3.92. The predicted octanol–water partition coefficient (Wildman–Crippen LogP) is 4.15. The minimum Gasteiger partial charge on any atom is -0.281 e. The van der Waals surface area contributed by atoms with Crippen LogP contribution in [0.1, 0.15) is 20.3 Å². The Labute approximate surface area is 106 Å². The molecule has 0 bridgehead atoms. The molecule has 1 aliphatic carbocycles. The maximum atomic E-state index is 12.4. The van der Waals surface area contributed by atoms with Crippen molar-refractivity contribution in [3.8, 4) is 0 Å². The van der Waals surface area contributed by atoms with Gasteiger partial charge in [0.05, 0.1) is 0 Å². The smallest absolute Gasteiger partial charge is 0.281 e. The third kappa shape index (κ3) is 2.44. The van der Waals surface area contributed by atoms with E-state index >= 15 is 0 Å². The quantitative estimate of drug-likeness (QED) is 0.565. The van der Waals surface area contributed by atoms with E-state index in [0.717, 1.165) is 0 Å². The Morgan fingerprint density at radius 3 is 2.00 bits per heavy atom.